The van der Waals surface area contributed by atoms with Crippen molar-refractivity contribution in [2.75, 3.05) is 11.9 Å². The smallest absolute Gasteiger partial charge is 0.319 e. The molecule has 0 spiro atoms. The zero-order chi connectivity index (χ0) is 12.8. The lowest BCUT2D eigenvalue weighted by Crippen LogP contribution is -2.38. The normalized spacial score (nSPS) is 11.6. The summed E-state index contributed by atoms with van der Waals surface area (Å²) in [6.07, 6.45) is 0. The first kappa shape index (κ1) is 12.9. The number of carbonyl (C=O) groups excluding carboxylic acids is 1. The molecule has 1 aromatic rings. The lowest BCUT2D eigenvalue weighted by atomic mass is 10.3. The average molecular weight is 239 g/mol. The first-order valence-electron chi connectivity index (χ1n) is 4.95. The number of nitro groups is 1. The van der Waals surface area contributed by atoms with Crippen LogP contribution in [0.15, 0.2) is 24.3 Å². The number of aliphatic hydroxyl groups excluding tert-OH is 1. The zero-order valence-electron chi connectivity index (χ0n) is 9.21. The molecule has 0 saturated carbocycles. The summed E-state index contributed by atoms with van der Waals surface area (Å²) in [5.74, 6) is 0. The van der Waals surface area contributed by atoms with Crippen LogP contribution in [0.5, 0.6) is 0 Å². The molecule has 0 aliphatic heterocycles. The summed E-state index contributed by atoms with van der Waals surface area (Å²) in [6, 6.07) is 4.63. The Labute approximate surface area is 97.6 Å². The van der Waals surface area contributed by atoms with Crippen molar-refractivity contribution in [2.45, 2.75) is 13.0 Å². The van der Waals surface area contributed by atoms with Crippen molar-refractivity contribution in [2.24, 2.45) is 0 Å². The molecule has 0 heterocycles. The fraction of sp³-hybridized carbons (Fsp3) is 0.300. The van der Waals surface area contributed by atoms with Crippen LogP contribution >= 0.6 is 0 Å². The van der Waals surface area contributed by atoms with Crippen molar-refractivity contribution < 1.29 is 14.8 Å². The number of non-ortho nitro benzene ring substituents is 1. The second-order valence-corrected chi connectivity index (χ2v) is 3.49. The minimum absolute atomic E-state index is 0.0420. The molecule has 17 heavy (non-hydrogen) atoms. The highest BCUT2D eigenvalue weighted by molar-refractivity contribution is 5.89. The predicted molar refractivity (Wildman–Crippen MR) is 61.8 cm³/mol. The number of nitro benzene ring substituents is 1. The van der Waals surface area contributed by atoms with Crippen LogP contribution in [0, 0.1) is 10.1 Å². The molecule has 3 N–H and O–H groups in total. The van der Waals surface area contributed by atoms with Gasteiger partial charge >= 0.3 is 6.03 Å². The molecule has 0 aromatic heterocycles. The predicted octanol–water partition coefficient (Wildman–Crippen LogP) is 1.10. The molecule has 0 fully saturated rings. The fourth-order valence-electron chi connectivity index (χ4n) is 1.10. The first-order valence-corrected chi connectivity index (χ1v) is 4.95. The molecular weight excluding hydrogens is 226 g/mol. The molecule has 1 rings (SSSR count). The van der Waals surface area contributed by atoms with E-state index in [4.69, 9.17) is 5.11 Å². The Morgan fingerprint density at radius 2 is 2.06 bits per heavy atom. The maximum Gasteiger partial charge on any atom is 0.319 e. The zero-order valence-corrected chi connectivity index (χ0v) is 9.21. The highest BCUT2D eigenvalue weighted by Crippen LogP contribution is 2.15. The maximum atomic E-state index is 11.3. The van der Waals surface area contributed by atoms with Crippen molar-refractivity contribution in [1.82, 2.24) is 5.32 Å². The largest absolute Gasteiger partial charge is 0.394 e. The summed E-state index contributed by atoms with van der Waals surface area (Å²) in [7, 11) is 0. The minimum atomic E-state index is -0.516. The number of rotatable bonds is 4. The van der Waals surface area contributed by atoms with Gasteiger partial charge in [0.2, 0.25) is 0 Å². The Morgan fingerprint density at radius 1 is 1.47 bits per heavy atom. The topological polar surface area (TPSA) is 104 Å². The SMILES string of the molecule is CC(CO)NC(=O)Nc1ccc([N+](=O)[O-])cc1. The highest BCUT2D eigenvalue weighted by Gasteiger charge is 2.08. The molecule has 0 radical (unpaired) electrons. The van der Waals surface area contributed by atoms with Crippen LogP contribution in [0.2, 0.25) is 0 Å². The van der Waals surface area contributed by atoms with E-state index in [1.54, 1.807) is 6.92 Å². The number of hydrogen-bond acceptors (Lipinski definition) is 4. The third-order valence-electron chi connectivity index (χ3n) is 1.99. The molecule has 92 valence electrons. The van der Waals surface area contributed by atoms with E-state index in [2.05, 4.69) is 10.6 Å². The van der Waals surface area contributed by atoms with Crippen molar-refractivity contribution in [3.8, 4) is 0 Å². The molecule has 0 aliphatic carbocycles. The Kier molecular flexibility index (Phi) is 4.41. The number of amides is 2. The number of nitrogens with one attached hydrogen (secondary N) is 2. The number of carbonyl (C=O) groups is 1. The summed E-state index contributed by atoms with van der Waals surface area (Å²) >= 11 is 0. The van der Waals surface area contributed by atoms with Gasteiger partial charge in [-0.25, -0.2) is 4.79 Å². The number of aliphatic hydroxyl groups is 1. The van der Waals surface area contributed by atoms with E-state index in [1.807, 2.05) is 0 Å². The van der Waals surface area contributed by atoms with Crippen LogP contribution in [0.3, 0.4) is 0 Å². The molecule has 1 unspecified atom stereocenters. The summed E-state index contributed by atoms with van der Waals surface area (Å²) < 4.78 is 0. The Bertz CT molecular complexity index is 405. The lowest BCUT2D eigenvalue weighted by Gasteiger charge is -2.11. The van der Waals surface area contributed by atoms with Gasteiger partial charge in [0.25, 0.3) is 5.69 Å². The molecule has 2 amide bonds. The van der Waals surface area contributed by atoms with E-state index in [0.717, 1.165) is 0 Å². The Morgan fingerprint density at radius 3 is 2.53 bits per heavy atom. The standard InChI is InChI=1S/C10H13N3O4/c1-7(6-14)11-10(15)12-8-2-4-9(5-3-8)13(16)17/h2-5,7,14H,6H2,1H3,(H2,11,12,15). The number of anilines is 1. The number of hydrogen-bond donors (Lipinski definition) is 3. The van der Waals surface area contributed by atoms with Gasteiger partial charge in [-0.1, -0.05) is 0 Å². The summed E-state index contributed by atoms with van der Waals surface area (Å²) in [5, 5.41) is 24.1. The first-order chi connectivity index (χ1) is 8.02. The van der Waals surface area contributed by atoms with Crippen LogP contribution in [-0.4, -0.2) is 28.7 Å². The molecule has 1 aromatic carbocycles. The lowest BCUT2D eigenvalue weighted by molar-refractivity contribution is -0.384. The molecule has 0 saturated heterocycles. The van der Waals surface area contributed by atoms with Crippen LogP contribution in [0.25, 0.3) is 0 Å². The van der Waals surface area contributed by atoms with E-state index in [-0.39, 0.29) is 18.3 Å². The van der Waals surface area contributed by atoms with E-state index in [9.17, 15) is 14.9 Å². The Balaban J connectivity index is 2.57. The highest BCUT2D eigenvalue weighted by atomic mass is 16.6. The average Bonchev–Trinajstić information content (AvgIpc) is 2.29. The van der Waals surface area contributed by atoms with Crippen LogP contribution in [-0.2, 0) is 0 Å². The molecule has 0 bridgehead atoms. The third kappa shape index (κ3) is 4.07. The number of urea groups is 1. The molecular formula is C10H13N3O4. The van der Waals surface area contributed by atoms with Gasteiger partial charge in [0.05, 0.1) is 17.6 Å². The summed E-state index contributed by atoms with van der Waals surface area (Å²) in [4.78, 5) is 21.2. The van der Waals surface area contributed by atoms with Gasteiger partial charge in [0.1, 0.15) is 0 Å². The second-order valence-electron chi connectivity index (χ2n) is 3.49. The van der Waals surface area contributed by atoms with E-state index in [0.29, 0.717) is 5.69 Å². The van der Waals surface area contributed by atoms with Crippen LogP contribution < -0.4 is 10.6 Å². The quantitative estimate of drug-likeness (QED) is 0.540. The van der Waals surface area contributed by atoms with Gasteiger partial charge in [0, 0.05) is 17.8 Å². The summed E-state index contributed by atoms with van der Waals surface area (Å²) in [5.41, 5.74) is 0.401. The van der Waals surface area contributed by atoms with Crippen LogP contribution in [0.4, 0.5) is 16.2 Å². The van der Waals surface area contributed by atoms with Gasteiger partial charge in [-0.15, -0.1) is 0 Å². The van der Waals surface area contributed by atoms with Gasteiger partial charge in [0.15, 0.2) is 0 Å². The minimum Gasteiger partial charge on any atom is -0.394 e. The van der Waals surface area contributed by atoms with Gasteiger partial charge in [-0.3, -0.25) is 10.1 Å². The van der Waals surface area contributed by atoms with Crippen molar-refractivity contribution in [1.29, 1.82) is 0 Å². The van der Waals surface area contributed by atoms with Gasteiger partial charge in [-0.05, 0) is 19.1 Å². The third-order valence-corrected chi connectivity index (χ3v) is 1.99. The van der Waals surface area contributed by atoms with Crippen molar-refractivity contribution in [3.63, 3.8) is 0 Å². The maximum absolute atomic E-state index is 11.3. The second kappa shape index (κ2) is 5.80. The molecule has 0 aliphatic rings. The van der Waals surface area contributed by atoms with Gasteiger partial charge in [-0.2, -0.15) is 0 Å². The Hall–Kier alpha value is -2.15. The van der Waals surface area contributed by atoms with Gasteiger partial charge < -0.3 is 15.7 Å². The van der Waals surface area contributed by atoms with Crippen molar-refractivity contribution in [3.05, 3.63) is 34.4 Å². The molecule has 7 nitrogen and oxygen atoms in total. The molecule has 1 atom stereocenters. The molecule has 7 heteroatoms. The monoisotopic (exact) mass is 239 g/mol. The van der Waals surface area contributed by atoms with Crippen molar-refractivity contribution >= 4 is 17.4 Å². The summed E-state index contributed by atoms with van der Waals surface area (Å²) in [6.45, 7) is 1.49. The fourth-order valence-corrected chi connectivity index (χ4v) is 1.10. The van der Waals surface area contributed by atoms with Crippen LogP contribution in [0.1, 0.15) is 6.92 Å². The number of nitrogens with zero attached hydrogens (tertiary/aromatic N) is 1. The van der Waals surface area contributed by atoms with E-state index < -0.39 is 11.0 Å². The van der Waals surface area contributed by atoms with E-state index >= 15 is 0 Å². The van der Waals surface area contributed by atoms with E-state index in [1.165, 1.54) is 24.3 Å². The number of benzene rings is 1.